The summed E-state index contributed by atoms with van der Waals surface area (Å²) in [5.74, 6) is 0.737. The molecule has 0 aliphatic carbocycles. The minimum absolute atomic E-state index is 0.0773. The van der Waals surface area contributed by atoms with Crippen molar-refractivity contribution >= 4 is 11.6 Å². The smallest absolute Gasteiger partial charge is 0.160 e. The Labute approximate surface area is 169 Å². The topological polar surface area (TPSA) is 51.1 Å². The summed E-state index contributed by atoms with van der Waals surface area (Å²) in [7, 11) is 0. The summed E-state index contributed by atoms with van der Waals surface area (Å²) < 4.78 is 5.96. The van der Waals surface area contributed by atoms with Crippen LogP contribution in [0, 0.1) is 0 Å². The van der Waals surface area contributed by atoms with Crippen LogP contribution >= 0.6 is 11.6 Å². The number of hydrogen-bond donors (Lipinski definition) is 0. The van der Waals surface area contributed by atoms with Gasteiger partial charge in [-0.15, -0.1) is 0 Å². The number of likely N-dealkylation sites (tertiary alicyclic amines) is 1. The maximum Gasteiger partial charge on any atom is 0.160 e. The number of hydrogen-bond acceptors (Lipinski definition) is 5. The van der Waals surface area contributed by atoms with E-state index in [1.165, 1.54) is 5.56 Å². The van der Waals surface area contributed by atoms with Crippen LogP contribution in [0.5, 0.6) is 0 Å². The van der Waals surface area contributed by atoms with E-state index in [4.69, 9.17) is 21.3 Å². The van der Waals surface area contributed by atoms with E-state index < -0.39 is 0 Å². The van der Waals surface area contributed by atoms with E-state index in [1.54, 1.807) is 6.20 Å². The van der Waals surface area contributed by atoms with Crippen LogP contribution in [0.2, 0.25) is 5.02 Å². The number of benzene rings is 1. The van der Waals surface area contributed by atoms with Gasteiger partial charge in [0.2, 0.25) is 0 Å². The van der Waals surface area contributed by atoms with E-state index in [9.17, 15) is 0 Å². The molecule has 2 aliphatic heterocycles. The molecule has 1 saturated heterocycles. The third-order valence-electron chi connectivity index (χ3n) is 5.65. The minimum atomic E-state index is -0.0773. The highest BCUT2D eigenvalue weighted by atomic mass is 35.5. The largest absolute Gasteiger partial charge is 0.376 e. The van der Waals surface area contributed by atoms with Crippen molar-refractivity contribution in [2.45, 2.75) is 25.0 Å². The second-order valence-electron chi connectivity index (χ2n) is 7.67. The van der Waals surface area contributed by atoms with Gasteiger partial charge in [-0.05, 0) is 42.8 Å². The predicted octanol–water partition coefficient (Wildman–Crippen LogP) is 3.87. The third-order valence-corrected chi connectivity index (χ3v) is 5.89. The third kappa shape index (κ3) is 3.30. The highest BCUT2D eigenvalue weighted by molar-refractivity contribution is 6.30. The molecule has 1 fully saturated rings. The van der Waals surface area contributed by atoms with E-state index in [1.807, 2.05) is 42.7 Å². The Balaban J connectivity index is 1.44. The molecule has 0 saturated carbocycles. The van der Waals surface area contributed by atoms with Gasteiger partial charge in [-0.1, -0.05) is 23.7 Å². The molecule has 6 heteroatoms. The van der Waals surface area contributed by atoms with Crippen LogP contribution in [0.25, 0.3) is 11.4 Å². The first-order chi connectivity index (χ1) is 13.7. The first kappa shape index (κ1) is 17.7. The highest BCUT2D eigenvalue weighted by Crippen LogP contribution is 2.40. The zero-order valence-electron chi connectivity index (χ0n) is 15.5. The Morgan fingerprint density at radius 1 is 1.18 bits per heavy atom. The number of fused-ring (bicyclic) bond motifs is 2. The van der Waals surface area contributed by atoms with Crippen LogP contribution in [0.15, 0.2) is 55.0 Å². The molecule has 28 heavy (non-hydrogen) atoms. The van der Waals surface area contributed by atoms with Crippen molar-refractivity contribution in [3.8, 4) is 11.4 Å². The van der Waals surface area contributed by atoms with Crippen LogP contribution < -0.4 is 0 Å². The summed E-state index contributed by atoms with van der Waals surface area (Å²) in [6, 6.07) is 12.0. The predicted molar refractivity (Wildman–Crippen MR) is 108 cm³/mol. The zero-order valence-corrected chi connectivity index (χ0v) is 16.3. The molecule has 5 nitrogen and oxygen atoms in total. The standard InChI is InChI=1S/C22H21ClN4O/c23-19-5-1-3-16(9-19)12-27-8-6-22(14-27)15-28-13-18-11-25-21(26-20(18)22)17-4-2-7-24-10-17/h1-5,7,9-11H,6,8,12-15H2/t22-/m0/s1. The van der Waals surface area contributed by atoms with Crippen LogP contribution in [0.4, 0.5) is 0 Å². The molecule has 3 aromatic rings. The molecule has 0 amide bonds. The van der Waals surface area contributed by atoms with E-state index in [2.05, 4.69) is 20.9 Å². The Morgan fingerprint density at radius 2 is 2.14 bits per heavy atom. The highest BCUT2D eigenvalue weighted by Gasteiger charge is 2.44. The molecule has 0 radical (unpaired) electrons. The lowest BCUT2D eigenvalue weighted by molar-refractivity contribution is 0.0503. The fraction of sp³-hybridized carbons (Fsp3) is 0.318. The lowest BCUT2D eigenvalue weighted by Gasteiger charge is -2.34. The van der Waals surface area contributed by atoms with Crippen molar-refractivity contribution in [1.29, 1.82) is 0 Å². The maximum absolute atomic E-state index is 6.15. The molecule has 4 heterocycles. The van der Waals surface area contributed by atoms with Gasteiger partial charge in [-0.3, -0.25) is 9.88 Å². The lowest BCUT2D eigenvalue weighted by atomic mass is 9.80. The first-order valence-electron chi connectivity index (χ1n) is 9.53. The molecule has 2 aromatic heterocycles. The summed E-state index contributed by atoms with van der Waals surface area (Å²) in [6.45, 7) is 4.12. The van der Waals surface area contributed by atoms with E-state index in [0.717, 1.165) is 53.7 Å². The Hall–Kier alpha value is -2.34. The van der Waals surface area contributed by atoms with E-state index in [-0.39, 0.29) is 5.41 Å². The van der Waals surface area contributed by atoms with Crippen molar-refractivity contribution in [3.05, 3.63) is 76.8 Å². The number of ether oxygens (including phenoxy) is 1. The van der Waals surface area contributed by atoms with Crippen molar-refractivity contribution < 1.29 is 4.74 Å². The molecule has 142 valence electrons. The molecule has 0 unspecified atom stereocenters. The molecule has 1 spiro atoms. The molecule has 5 rings (SSSR count). The van der Waals surface area contributed by atoms with Crippen LogP contribution in [-0.2, 0) is 23.3 Å². The van der Waals surface area contributed by atoms with Gasteiger partial charge in [0, 0.05) is 47.8 Å². The van der Waals surface area contributed by atoms with Crippen LogP contribution in [0.3, 0.4) is 0 Å². The zero-order chi connectivity index (χ0) is 19.0. The van der Waals surface area contributed by atoms with Gasteiger partial charge in [0.25, 0.3) is 0 Å². The molecule has 1 aromatic carbocycles. The van der Waals surface area contributed by atoms with Crippen molar-refractivity contribution in [2.75, 3.05) is 19.7 Å². The Kier molecular flexibility index (Phi) is 4.59. The van der Waals surface area contributed by atoms with Gasteiger partial charge < -0.3 is 4.74 Å². The maximum atomic E-state index is 6.15. The van der Waals surface area contributed by atoms with Crippen molar-refractivity contribution in [1.82, 2.24) is 19.9 Å². The molecule has 0 bridgehead atoms. The average molecular weight is 393 g/mol. The van der Waals surface area contributed by atoms with Gasteiger partial charge in [-0.25, -0.2) is 9.97 Å². The minimum Gasteiger partial charge on any atom is -0.376 e. The SMILES string of the molecule is Clc1cccc(CN2CC[C@@]3(COCc4cnc(-c5cccnc5)nc43)C2)c1. The van der Waals surface area contributed by atoms with Gasteiger partial charge in [0.15, 0.2) is 5.82 Å². The summed E-state index contributed by atoms with van der Waals surface area (Å²) in [5, 5.41) is 0.784. The number of nitrogens with zero attached hydrogens (tertiary/aromatic N) is 4. The average Bonchev–Trinajstić information content (AvgIpc) is 3.12. The number of rotatable bonds is 3. The van der Waals surface area contributed by atoms with Gasteiger partial charge in [-0.2, -0.15) is 0 Å². The molecule has 1 atom stereocenters. The van der Waals surface area contributed by atoms with E-state index >= 15 is 0 Å². The quantitative estimate of drug-likeness (QED) is 0.677. The summed E-state index contributed by atoms with van der Waals surface area (Å²) in [5.41, 5.74) is 4.34. The molecule has 0 N–H and O–H groups in total. The first-order valence-corrected chi connectivity index (χ1v) is 9.91. The second-order valence-corrected chi connectivity index (χ2v) is 8.11. The van der Waals surface area contributed by atoms with Crippen LogP contribution in [-0.4, -0.2) is 39.5 Å². The van der Waals surface area contributed by atoms with Gasteiger partial charge in [0.05, 0.1) is 24.3 Å². The fourth-order valence-electron chi connectivity index (χ4n) is 4.33. The van der Waals surface area contributed by atoms with Gasteiger partial charge >= 0.3 is 0 Å². The molecule has 2 aliphatic rings. The summed E-state index contributed by atoms with van der Waals surface area (Å²) in [4.78, 5) is 16.2. The second kappa shape index (κ2) is 7.24. The lowest BCUT2D eigenvalue weighted by Crippen LogP contribution is -2.40. The Morgan fingerprint density at radius 3 is 3.00 bits per heavy atom. The van der Waals surface area contributed by atoms with Gasteiger partial charge in [0.1, 0.15) is 0 Å². The van der Waals surface area contributed by atoms with E-state index in [0.29, 0.717) is 13.2 Å². The molecular weight excluding hydrogens is 372 g/mol. The van der Waals surface area contributed by atoms with Crippen molar-refractivity contribution in [3.63, 3.8) is 0 Å². The monoisotopic (exact) mass is 392 g/mol. The number of pyridine rings is 1. The summed E-state index contributed by atoms with van der Waals surface area (Å²) in [6.07, 6.45) is 6.53. The summed E-state index contributed by atoms with van der Waals surface area (Å²) >= 11 is 6.15. The van der Waals surface area contributed by atoms with Crippen LogP contribution in [0.1, 0.15) is 23.2 Å². The normalized spacial score (nSPS) is 21.8. The Bertz CT molecular complexity index is 997. The fourth-order valence-corrected chi connectivity index (χ4v) is 4.54. The molecular formula is C22H21ClN4O. The number of aromatic nitrogens is 3. The number of halogens is 1. The van der Waals surface area contributed by atoms with Crippen molar-refractivity contribution in [2.24, 2.45) is 0 Å².